The van der Waals surface area contributed by atoms with Crippen LogP contribution in [0.3, 0.4) is 0 Å². The zero-order valence-corrected chi connectivity index (χ0v) is 10.9. The van der Waals surface area contributed by atoms with Crippen molar-refractivity contribution >= 4 is 40.2 Å². The molecule has 90 valence electrons. The minimum absolute atomic E-state index is 0.155. The minimum Gasteiger partial charge on any atom is -0.480 e. The van der Waals surface area contributed by atoms with Crippen molar-refractivity contribution in [2.45, 2.75) is 31.9 Å². The van der Waals surface area contributed by atoms with E-state index in [4.69, 9.17) is 17.3 Å². The molecule has 0 radical (unpaired) electrons. The first kappa shape index (κ1) is 13.4. The summed E-state index contributed by atoms with van der Waals surface area (Å²) in [6, 6.07) is 0. The molecule has 1 N–H and O–H groups in total. The van der Waals surface area contributed by atoms with Crippen LogP contribution in [0.1, 0.15) is 26.7 Å². The number of nitrogens with zero attached hydrogens (tertiary/aromatic N) is 1. The van der Waals surface area contributed by atoms with Crippen LogP contribution >= 0.6 is 24.0 Å². The number of thioether (sulfide) groups is 1. The Bertz CT molecular complexity index is 319. The number of hydrogen-bond donors (Lipinski definition) is 1. The molecule has 1 heterocycles. The van der Waals surface area contributed by atoms with E-state index in [2.05, 4.69) is 13.8 Å². The first-order valence-electron chi connectivity index (χ1n) is 5.19. The molecule has 2 unspecified atom stereocenters. The number of carboxylic acid groups (broad SMARTS) is 1. The number of rotatable bonds is 5. The topological polar surface area (TPSA) is 57.6 Å². The third-order valence-corrected chi connectivity index (χ3v) is 4.22. The Balaban J connectivity index is 2.63. The van der Waals surface area contributed by atoms with E-state index in [1.165, 1.54) is 16.7 Å². The lowest BCUT2D eigenvalue weighted by Gasteiger charge is -2.14. The van der Waals surface area contributed by atoms with Gasteiger partial charge in [-0.2, -0.15) is 0 Å². The Labute approximate surface area is 104 Å². The van der Waals surface area contributed by atoms with E-state index in [1.54, 1.807) is 0 Å². The minimum atomic E-state index is -1.03. The summed E-state index contributed by atoms with van der Waals surface area (Å²) in [6.07, 6.45) is 1.77. The van der Waals surface area contributed by atoms with E-state index in [1.807, 2.05) is 0 Å². The second-order valence-electron chi connectivity index (χ2n) is 3.94. The molecule has 0 spiro atoms. The van der Waals surface area contributed by atoms with Crippen LogP contribution in [-0.4, -0.2) is 38.0 Å². The number of carboxylic acids is 1. The van der Waals surface area contributed by atoms with Gasteiger partial charge < -0.3 is 5.11 Å². The molecule has 2 atom stereocenters. The van der Waals surface area contributed by atoms with E-state index in [0.717, 1.165) is 12.8 Å². The second-order valence-corrected chi connectivity index (χ2v) is 5.78. The third kappa shape index (κ3) is 3.18. The molecular formula is C10H15NO3S2. The molecule has 4 nitrogen and oxygen atoms in total. The standard InChI is InChI=1S/C10H15NO3S2/c1-3-6(2)4-7-9(14)11(5-8(12)13)10(15)16-7/h6-7H,3-5H2,1-2H3,(H,12,13). The molecule has 1 amide bonds. The first-order chi connectivity index (χ1) is 7.45. The monoisotopic (exact) mass is 261 g/mol. The van der Waals surface area contributed by atoms with Crippen molar-refractivity contribution in [2.24, 2.45) is 5.92 Å². The van der Waals surface area contributed by atoms with Gasteiger partial charge in [-0.3, -0.25) is 14.5 Å². The summed E-state index contributed by atoms with van der Waals surface area (Å²) in [4.78, 5) is 23.6. The molecule has 16 heavy (non-hydrogen) atoms. The van der Waals surface area contributed by atoms with Crippen LogP contribution in [0.15, 0.2) is 0 Å². The maximum Gasteiger partial charge on any atom is 0.323 e. The molecular weight excluding hydrogens is 246 g/mol. The van der Waals surface area contributed by atoms with Gasteiger partial charge in [0.25, 0.3) is 0 Å². The summed E-state index contributed by atoms with van der Waals surface area (Å²) in [5.74, 6) is -0.729. The summed E-state index contributed by atoms with van der Waals surface area (Å²) in [5.41, 5.74) is 0. The lowest BCUT2D eigenvalue weighted by molar-refractivity contribution is -0.141. The van der Waals surface area contributed by atoms with Gasteiger partial charge in [-0.1, -0.05) is 44.2 Å². The molecule has 1 aliphatic heterocycles. The van der Waals surface area contributed by atoms with E-state index < -0.39 is 5.97 Å². The predicted octanol–water partition coefficient (Wildman–Crippen LogP) is 1.74. The number of amides is 1. The van der Waals surface area contributed by atoms with Gasteiger partial charge in [0.05, 0.1) is 5.25 Å². The zero-order valence-electron chi connectivity index (χ0n) is 9.30. The van der Waals surface area contributed by atoms with Gasteiger partial charge >= 0.3 is 5.97 Å². The molecule has 1 saturated heterocycles. The van der Waals surface area contributed by atoms with Crippen LogP contribution in [0.5, 0.6) is 0 Å². The fourth-order valence-electron chi connectivity index (χ4n) is 1.46. The van der Waals surface area contributed by atoms with Gasteiger partial charge in [-0.05, 0) is 12.3 Å². The van der Waals surface area contributed by atoms with Crippen LogP contribution in [0, 0.1) is 5.92 Å². The lowest BCUT2D eigenvalue weighted by atomic mass is 10.0. The highest BCUT2D eigenvalue weighted by molar-refractivity contribution is 8.24. The molecule has 0 bridgehead atoms. The van der Waals surface area contributed by atoms with E-state index >= 15 is 0 Å². The number of thiocarbonyl (C=S) groups is 1. The zero-order chi connectivity index (χ0) is 12.3. The van der Waals surface area contributed by atoms with Crippen molar-refractivity contribution in [1.82, 2.24) is 4.90 Å². The fraction of sp³-hybridized carbons (Fsp3) is 0.700. The molecule has 0 aromatic carbocycles. The molecule has 1 aliphatic rings. The summed E-state index contributed by atoms with van der Waals surface area (Å²) in [5, 5.41) is 8.47. The summed E-state index contributed by atoms with van der Waals surface area (Å²) in [6.45, 7) is 3.83. The van der Waals surface area contributed by atoms with Gasteiger partial charge in [0, 0.05) is 0 Å². The van der Waals surface area contributed by atoms with Crippen molar-refractivity contribution in [3.63, 3.8) is 0 Å². The summed E-state index contributed by atoms with van der Waals surface area (Å²) in [7, 11) is 0. The fourth-order valence-corrected chi connectivity index (χ4v) is 3.14. The molecule has 1 rings (SSSR count). The third-order valence-electron chi connectivity index (χ3n) is 2.61. The van der Waals surface area contributed by atoms with Crippen molar-refractivity contribution in [2.75, 3.05) is 6.54 Å². The largest absolute Gasteiger partial charge is 0.480 e. The van der Waals surface area contributed by atoms with Crippen LogP contribution in [0.2, 0.25) is 0 Å². The summed E-state index contributed by atoms with van der Waals surface area (Å²) < 4.78 is 0.390. The molecule has 0 saturated carbocycles. The van der Waals surface area contributed by atoms with Gasteiger partial charge in [-0.15, -0.1) is 0 Å². The van der Waals surface area contributed by atoms with Crippen LogP contribution < -0.4 is 0 Å². The Morgan fingerprint density at radius 2 is 2.31 bits per heavy atom. The van der Waals surface area contributed by atoms with Crippen LogP contribution in [0.4, 0.5) is 0 Å². The molecule has 0 aromatic heterocycles. The number of carbonyl (C=O) groups excluding carboxylic acids is 1. The smallest absolute Gasteiger partial charge is 0.323 e. The number of carbonyl (C=O) groups is 2. The highest BCUT2D eigenvalue weighted by atomic mass is 32.2. The maximum atomic E-state index is 11.9. The molecule has 1 fully saturated rings. The van der Waals surface area contributed by atoms with Gasteiger partial charge in [-0.25, -0.2) is 0 Å². The van der Waals surface area contributed by atoms with Gasteiger partial charge in [0.15, 0.2) is 0 Å². The highest BCUT2D eigenvalue weighted by Crippen LogP contribution is 2.32. The maximum absolute atomic E-state index is 11.9. The SMILES string of the molecule is CCC(C)CC1SC(=S)N(CC(=O)O)C1=O. The quantitative estimate of drug-likeness (QED) is 0.764. The average Bonchev–Trinajstić information content (AvgIpc) is 2.45. The Kier molecular flexibility index (Phi) is 4.73. The van der Waals surface area contributed by atoms with Gasteiger partial charge in [0.2, 0.25) is 5.91 Å². The Morgan fingerprint density at radius 3 is 2.81 bits per heavy atom. The average molecular weight is 261 g/mol. The lowest BCUT2D eigenvalue weighted by Crippen LogP contribution is -2.36. The van der Waals surface area contributed by atoms with E-state index in [-0.39, 0.29) is 17.7 Å². The number of aliphatic carboxylic acids is 1. The first-order valence-corrected chi connectivity index (χ1v) is 6.48. The number of hydrogen-bond acceptors (Lipinski definition) is 4. The normalized spacial score (nSPS) is 22.6. The molecule has 6 heteroatoms. The molecule has 0 aromatic rings. The predicted molar refractivity (Wildman–Crippen MR) is 67.4 cm³/mol. The van der Waals surface area contributed by atoms with Crippen molar-refractivity contribution in [3.05, 3.63) is 0 Å². The second kappa shape index (κ2) is 5.63. The Hall–Kier alpha value is -0.620. The van der Waals surface area contributed by atoms with Crippen molar-refractivity contribution in [1.29, 1.82) is 0 Å². The highest BCUT2D eigenvalue weighted by Gasteiger charge is 2.38. The van der Waals surface area contributed by atoms with Crippen LogP contribution in [0.25, 0.3) is 0 Å². The Morgan fingerprint density at radius 1 is 1.69 bits per heavy atom. The molecule has 0 aliphatic carbocycles. The van der Waals surface area contributed by atoms with E-state index in [0.29, 0.717) is 10.2 Å². The van der Waals surface area contributed by atoms with Crippen molar-refractivity contribution in [3.8, 4) is 0 Å². The van der Waals surface area contributed by atoms with Crippen molar-refractivity contribution < 1.29 is 14.7 Å². The van der Waals surface area contributed by atoms with Gasteiger partial charge in [0.1, 0.15) is 10.9 Å². The summed E-state index contributed by atoms with van der Waals surface area (Å²) >= 11 is 6.32. The van der Waals surface area contributed by atoms with E-state index in [9.17, 15) is 9.59 Å². The van der Waals surface area contributed by atoms with Crippen LogP contribution in [-0.2, 0) is 9.59 Å².